The van der Waals surface area contributed by atoms with Gasteiger partial charge in [0.2, 0.25) is 0 Å². The third-order valence-electron chi connectivity index (χ3n) is 3.97. The molecule has 0 spiro atoms. The Kier molecular flexibility index (Phi) is 4.11. The molecule has 0 fully saturated rings. The minimum absolute atomic E-state index is 0.339. The fraction of sp³-hybridized carbons (Fsp3) is 0.278. The SMILES string of the molecule is CCOC(=O)C(N)c1cccc(N2CCc3ccccc32)c1. The highest BCUT2D eigenvalue weighted by Gasteiger charge is 2.22. The normalized spacial score (nSPS) is 14.5. The number of esters is 1. The fourth-order valence-corrected chi connectivity index (χ4v) is 2.86. The number of ether oxygens (including phenoxy) is 1. The number of hydrogen-bond donors (Lipinski definition) is 1. The largest absolute Gasteiger partial charge is 0.465 e. The van der Waals surface area contributed by atoms with Gasteiger partial charge < -0.3 is 15.4 Å². The van der Waals surface area contributed by atoms with Gasteiger partial charge in [0.1, 0.15) is 6.04 Å². The molecule has 0 aliphatic carbocycles. The van der Waals surface area contributed by atoms with Crippen LogP contribution in [0.1, 0.15) is 24.1 Å². The molecular formula is C18H20N2O2. The van der Waals surface area contributed by atoms with E-state index < -0.39 is 6.04 Å². The molecule has 4 heteroatoms. The third kappa shape index (κ3) is 2.70. The molecule has 1 aliphatic rings. The van der Waals surface area contributed by atoms with Gasteiger partial charge in [0, 0.05) is 17.9 Å². The number of hydrogen-bond acceptors (Lipinski definition) is 4. The predicted octanol–water partition coefficient (Wildman–Crippen LogP) is 2.94. The highest BCUT2D eigenvalue weighted by atomic mass is 16.5. The van der Waals surface area contributed by atoms with Gasteiger partial charge in [-0.15, -0.1) is 0 Å². The number of nitrogens with zero attached hydrogens (tertiary/aromatic N) is 1. The van der Waals surface area contributed by atoms with E-state index in [0.29, 0.717) is 6.61 Å². The summed E-state index contributed by atoms with van der Waals surface area (Å²) in [5, 5.41) is 0. The molecule has 2 aromatic rings. The Labute approximate surface area is 130 Å². The van der Waals surface area contributed by atoms with Gasteiger partial charge in [-0.05, 0) is 42.7 Å². The summed E-state index contributed by atoms with van der Waals surface area (Å²) in [6, 6.07) is 15.5. The summed E-state index contributed by atoms with van der Waals surface area (Å²) in [6.07, 6.45) is 1.03. The predicted molar refractivity (Wildman–Crippen MR) is 87.2 cm³/mol. The van der Waals surface area contributed by atoms with Crippen LogP contribution in [0.25, 0.3) is 0 Å². The van der Waals surface area contributed by atoms with Crippen LogP contribution in [0.4, 0.5) is 11.4 Å². The second kappa shape index (κ2) is 6.20. The molecule has 1 aliphatic heterocycles. The molecule has 0 saturated heterocycles. The third-order valence-corrected chi connectivity index (χ3v) is 3.97. The summed E-state index contributed by atoms with van der Waals surface area (Å²) in [5.41, 5.74) is 10.4. The van der Waals surface area contributed by atoms with E-state index in [1.54, 1.807) is 6.92 Å². The second-order valence-corrected chi connectivity index (χ2v) is 5.36. The van der Waals surface area contributed by atoms with E-state index in [1.165, 1.54) is 11.3 Å². The lowest BCUT2D eigenvalue weighted by Crippen LogP contribution is -2.24. The number of para-hydroxylation sites is 1. The minimum Gasteiger partial charge on any atom is -0.465 e. The van der Waals surface area contributed by atoms with E-state index in [2.05, 4.69) is 23.1 Å². The summed E-state index contributed by atoms with van der Waals surface area (Å²) >= 11 is 0. The Bertz CT molecular complexity index is 684. The maximum atomic E-state index is 11.8. The maximum Gasteiger partial charge on any atom is 0.327 e. The standard InChI is InChI=1S/C18H20N2O2/c1-2-22-18(21)17(19)14-7-5-8-15(12-14)20-11-10-13-6-3-4-9-16(13)20/h3-9,12,17H,2,10-11,19H2,1H3. The van der Waals surface area contributed by atoms with Crippen molar-refractivity contribution < 1.29 is 9.53 Å². The monoisotopic (exact) mass is 296 g/mol. The molecule has 0 aromatic heterocycles. The van der Waals surface area contributed by atoms with E-state index in [9.17, 15) is 4.79 Å². The Hall–Kier alpha value is -2.33. The smallest absolute Gasteiger partial charge is 0.327 e. The molecular weight excluding hydrogens is 276 g/mol. The summed E-state index contributed by atoms with van der Waals surface area (Å²) in [4.78, 5) is 14.1. The van der Waals surface area contributed by atoms with Gasteiger partial charge >= 0.3 is 5.97 Å². The highest BCUT2D eigenvalue weighted by Crippen LogP contribution is 2.34. The van der Waals surface area contributed by atoms with Crippen LogP contribution >= 0.6 is 0 Å². The van der Waals surface area contributed by atoms with Crippen molar-refractivity contribution in [2.24, 2.45) is 5.73 Å². The average molecular weight is 296 g/mol. The summed E-state index contributed by atoms with van der Waals surface area (Å²) < 4.78 is 5.00. The first-order valence-corrected chi connectivity index (χ1v) is 7.58. The second-order valence-electron chi connectivity index (χ2n) is 5.36. The number of fused-ring (bicyclic) bond motifs is 1. The van der Waals surface area contributed by atoms with Crippen LogP contribution in [0.15, 0.2) is 48.5 Å². The molecule has 0 radical (unpaired) electrons. The zero-order valence-corrected chi connectivity index (χ0v) is 12.7. The van der Waals surface area contributed by atoms with Gasteiger partial charge in [-0.25, -0.2) is 4.79 Å². The zero-order chi connectivity index (χ0) is 15.5. The first-order valence-electron chi connectivity index (χ1n) is 7.58. The van der Waals surface area contributed by atoms with Crippen LogP contribution in [0.2, 0.25) is 0 Å². The summed E-state index contributed by atoms with van der Waals surface area (Å²) in [7, 11) is 0. The first-order chi connectivity index (χ1) is 10.7. The van der Waals surface area contributed by atoms with E-state index >= 15 is 0 Å². The Morgan fingerprint density at radius 1 is 1.27 bits per heavy atom. The van der Waals surface area contributed by atoms with Crippen LogP contribution in [0.3, 0.4) is 0 Å². The van der Waals surface area contributed by atoms with Crippen molar-refractivity contribution in [3.63, 3.8) is 0 Å². The molecule has 2 N–H and O–H groups in total. The quantitative estimate of drug-likeness (QED) is 0.881. The van der Waals surface area contributed by atoms with Crippen molar-refractivity contribution in [3.05, 3.63) is 59.7 Å². The van der Waals surface area contributed by atoms with Crippen molar-refractivity contribution in [1.82, 2.24) is 0 Å². The van der Waals surface area contributed by atoms with Gasteiger partial charge in [0.25, 0.3) is 0 Å². The van der Waals surface area contributed by atoms with Crippen molar-refractivity contribution in [2.75, 3.05) is 18.1 Å². The summed E-state index contributed by atoms with van der Waals surface area (Å²) in [6.45, 7) is 3.06. The molecule has 1 heterocycles. The Morgan fingerprint density at radius 2 is 2.09 bits per heavy atom. The topological polar surface area (TPSA) is 55.6 Å². The maximum absolute atomic E-state index is 11.8. The number of carbonyl (C=O) groups is 1. The number of carbonyl (C=O) groups excluding carboxylic acids is 1. The van der Waals surface area contributed by atoms with Crippen LogP contribution < -0.4 is 10.6 Å². The van der Waals surface area contributed by atoms with Crippen molar-refractivity contribution >= 4 is 17.3 Å². The van der Waals surface area contributed by atoms with Crippen LogP contribution in [0.5, 0.6) is 0 Å². The molecule has 1 atom stereocenters. The van der Waals surface area contributed by atoms with E-state index in [0.717, 1.165) is 24.2 Å². The molecule has 22 heavy (non-hydrogen) atoms. The minimum atomic E-state index is -0.738. The van der Waals surface area contributed by atoms with E-state index in [-0.39, 0.29) is 5.97 Å². The van der Waals surface area contributed by atoms with Crippen molar-refractivity contribution in [3.8, 4) is 0 Å². The summed E-state index contributed by atoms with van der Waals surface area (Å²) in [5.74, 6) is -0.388. The van der Waals surface area contributed by atoms with Crippen LogP contribution in [0, 0.1) is 0 Å². The lowest BCUT2D eigenvalue weighted by Gasteiger charge is -2.21. The molecule has 0 amide bonds. The van der Waals surface area contributed by atoms with Crippen LogP contribution in [-0.2, 0) is 16.0 Å². The van der Waals surface area contributed by atoms with Gasteiger partial charge in [-0.2, -0.15) is 0 Å². The number of anilines is 2. The number of nitrogens with two attached hydrogens (primary N) is 1. The highest BCUT2D eigenvalue weighted by molar-refractivity contribution is 5.78. The Morgan fingerprint density at radius 3 is 2.91 bits per heavy atom. The van der Waals surface area contributed by atoms with Crippen LogP contribution in [-0.4, -0.2) is 19.1 Å². The fourth-order valence-electron chi connectivity index (χ4n) is 2.86. The first kappa shape index (κ1) is 14.6. The Balaban J connectivity index is 1.88. The lowest BCUT2D eigenvalue weighted by molar-refractivity contribution is -0.144. The molecule has 1 unspecified atom stereocenters. The van der Waals surface area contributed by atoms with E-state index in [1.807, 2.05) is 30.3 Å². The van der Waals surface area contributed by atoms with Crippen molar-refractivity contribution in [2.45, 2.75) is 19.4 Å². The van der Waals surface area contributed by atoms with Crippen molar-refractivity contribution in [1.29, 1.82) is 0 Å². The molecule has 0 bridgehead atoms. The average Bonchev–Trinajstić information content (AvgIpc) is 2.98. The van der Waals surface area contributed by atoms with Gasteiger partial charge in [-0.1, -0.05) is 30.3 Å². The molecule has 4 nitrogen and oxygen atoms in total. The zero-order valence-electron chi connectivity index (χ0n) is 12.7. The molecule has 114 valence electrons. The number of benzene rings is 2. The molecule has 2 aromatic carbocycles. The van der Waals surface area contributed by atoms with Gasteiger partial charge in [0.05, 0.1) is 6.61 Å². The molecule has 0 saturated carbocycles. The lowest BCUT2D eigenvalue weighted by atomic mass is 10.1. The molecule has 3 rings (SSSR count). The van der Waals surface area contributed by atoms with E-state index in [4.69, 9.17) is 10.5 Å². The number of rotatable bonds is 4. The van der Waals surface area contributed by atoms with Gasteiger partial charge in [-0.3, -0.25) is 0 Å². The van der Waals surface area contributed by atoms with Gasteiger partial charge in [0.15, 0.2) is 0 Å².